The molecule has 5 heteroatoms. The van der Waals surface area contributed by atoms with Crippen LogP contribution in [0.5, 0.6) is 0 Å². The lowest BCUT2D eigenvalue weighted by Gasteiger charge is -2.19. The van der Waals surface area contributed by atoms with Crippen LogP contribution < -0.4 is 4.72 Å². The van der Waals surface area contributed by atoms with Crippen LogP contribution in [0.1, 0.15) is 37.6 Å². The third-order valence-electron chi connectivity index (χ3n) is 3.62. The van der Waals surface area contributed by atoms with Crippen LogP contribution in [0, 0.1) is 13.8 Å². The lowest BCUT2D eigenvalue weighted by Crippen LogP contribution is -2.15. The maximum Gasteiger partial charge on any atom is 0.263 e. The highest BCUT2D eigenvalue weighted by Crippen LogP contribution is 2.24. The van der Waals surface area contributed by atoms with Crippen molar-refractivity contribution >= 4 is 15.8 Å². The summed E-state index contributed by atoms with van der Waals surface area (Å²) in [7, 11) is -3.62. The Hall–Kier alpha value is -1.88. The topological polar surface area (TPSA) is 59.1 Å². The van der Waals surface area contributed by atoms with Gasteiger partial charge in [0.25, 0.3) is 10.0 Å². The molecule has 118 valence electrons. The standard InChI is InChI=1S/C17H22N2O2S/c1-12-6-11-16(18-13(12)2)19-22(20,21)15-9-7-14(8-10-15)17(3,4)5/h6-11H,1-5H3,(H,18,19). The second-order valence-corrected chi connectivity index (χ2v) is 8.16. The highest BCUT2D eigenvalue weighted by Gasteiger charge is 2.18. The molecule has 1 aromatic carbocycles. The first-order valence-corrected chi connectivity index (χ1v) is 8.65. The fourth-order valence-electron chi connectivity index (χ4n) is 2.02. The Kier molecular flexibility index (Phi) is 4.29. The van der Waals surface area contributed by atoms with E-state index in [4.69, 9.17) is 0 Å². The molecule has 0 aliphatic carbocycles. The van der Waals surface area contributed by atoms with Crippen LogP contribution in [0.3, 0.4) is 0 Å². The average molecular weight is 318 g/mol. The first kappa shape index (κ1) is 16.5. The van der Waals surface area contributed by atoms with Gasteiger partial charge < -0.3 is 0 Å². The molecule has 0 spiro atoms. The normalized spacial score (nSPS) is 12.2. The molecule has 0 bridgehead atoms. The van der Waals surface area contributed by atoms with Gasteiger partial charge in [-0.1, -0.05) is 39.0 Å². The third kappa shape index (κ3) is 3.65. The van der Waals surface area contributed by atoms with Crippen molar-refractivity contribution in [2.75, 3.05) is 4.72 Å². The van der Waals surface area contributed by atoms with Gasteiger partial charge in [0, 0.05) is 5.69 Å². The molecule has 22 heavy (non-hydrogen) atoms. The van der Waals surface area contributed by atoms with E-state index < -0.39 is 10.0 Å². The molecular weight excluding hydrogens is 296 g/mol. The van der Waals surface area contributed by atoms with E-state index in [1.807, 2.05) is 32.0 Å². The minimum Gasteiger partial charge on any atom is -0.263 e. The molecule has 0 aliphatic rings. The Labute approximate surface area is 132 Å². The molecule has 0 saturated carbocycles. The Morgan fingerprint density at radius 2 is 1.55 bits per heavy atom. The molecule has 0 aliphatic heterocycles. The maximum absolute atomic E-state index is 12.4. The van der Waals surface area contributed by atoms with Gasteiger partial charge in [-0.25, -0.2) is 13.4 Å². The zero-order chi connectivity index (χ0) is 16.5. The van der Waals surface area contributed by atoms with Gasteiger partial charge in [-0.2, -0.15) is 0 Å². The summed E-state index contributed by atoms with van der Waals surface area (Å²) >= 11 is 0. The maximum atomic E-state index is 12.4. The zero-order valence-corrected chi connectivity index (χ0v) is 14.5. The average Bonchev–Trinajstić information content (AvgIpc) is 2.42. The summed E-state index contributed by atoms with van der Waals surface area (Å²) in [5.74, 6) is 0.336. The largest absolute Gasteiger partial charge is 0.263 e. The molecule has 1 aromatic heterocycles. The number of nitrogens with one attached hydrogen (secondary N) is 1. The molecule has 0 saturated heterocycles. The summed E-state index contributed by atoms with van der Waals surface area (Å²) in [6, 6.07) is 10.5. The van der Waals surface area contributed by atoms with Crippen LogP contribution in [-0.4, -0.2) is 13.4 Å². The summed E-state index contributed by atoms with van der Waals surface area (Å²) in [5, 5.41) is 0. The summed E-state index contributed by atoms with van der Waals surface area (Å²) in [5.41, 5.74) is 2.92. The molecule has 1 heterocycles. The van der Waals surface area contributed by atoms with Crippen molar-refractivity contribution in [1.29, 1.82) is 0 Å². The van der Waals surface area contributed by atoms with E-state index in [-0.39, 0.29) is 10.3 Å². The molecule has 0 fully saturated rings. The van der Waals surface area contributed by atoms with Crippen molar-refractivity contribution in [1.82, 2.24) is 4.98 Å². The monoisotopic (exact) mass is 318 g/mol. The molecule has 0 unspecified atom stereocenters. The van der Waals surface area contributed by atoms with Gasteiger partial charge in [-0.3, -0.25) is 4.72 Å². The number of benzene rings is 1. The number of aromatic nitrogens is 1. The molecule has 1 N–H and O–H groups in total. The van der Waals surface area contributed by atoms with Crippen molar-refractivity contribution in [3.63, 3.8) is 0 Å². The van der Waals surface area contributed by atoms with Gasteiger partial charge in [-0.05, 0) is 48.6 Å². The highest BCUT2D eigenvalue weighted by molar-refractivity contribution is 7.92. The summed E-state index contributed by atoms with van der Waals surface area (Å²) in [6.07, 6.45) is 0. The van der Waals surface area contributed by atoms with Gasteiger partial charge in [0.2, 0.25) is 0 Å². The number of pyridine rings is 1. The predicted octanol–water partition coefficient (Wildman–Crippen LogP) is 3.80. The van der Waals surface area contributed by atoms with E-state index in [0.717, 1.165) is 16.8 Å². The van der Waals surface area contributed by atoms with Crippen molar-refractivity contribution < 1.29 is 8.42 Å². The van der Waals surface area contributed by atoms with E-state index in [2.05, 4.69) is 30.5 Å². The van der Waals surface area contributed by atoms with Gasteiger partial charge >= 0.3 is 0 Å². The van der Waals surface area contributed by atoms with Crippen LogP contribution in [0.2, 0.25) is 0 Å². The number of nitrogens with zero attached hydrogens (tertiary/aromatic N) is 1. The number of anilines is 1. The van der Waals surface area contributed by atoms with Crippen LogP contribution in [0.25, 0.3) is 0 Å². The van der Waals surface area contributed by atoms with Gasteiger partial charge in [0.1, 0.15) is 5.82 Å². The molecule has 2 rings (SSSR count). The number of hydrogen-bond acceptors (Lipinski definition) is 3. The minimum atomic E-state index is -3.62. The first-order chi connectivity index (χ1) is 10.1. The fraction of sp³-hybridized carbons (Fsp3) is 0.353. The number of aryl methyl sites for hydroxylation is 2. The van der Waals surface area contributed by atoms with Crippen LogP contribution in [0.4, 0.5) is 5.82 Å². The quantitative estimate of drug-likeness (QED) is 0.936. The van der Waals surface area contributed by atoms with Gasteiger partial charge in [0.05, 0.1) is 4.90 Å². The molecule has 0 radical (unpaired) electrons. The molecular formula is C17H22N2O2S. The van der Waals surface area contributed by atoms with Crippen LogP contribution >= 0.6 is 0 Å². The summed E-state index contributed by atoms with van der Waals surface area (Å²) in [4.78, 5) is 4.49. The van der Waals surface area contributed by atoms with Gasteiger partial charge in [-0.15, -0.1) is 0 Å². The number of sulfonamides is 1. The molecule has 2 aromatic rings. The Morgan fingerprint density at radius 1 is 0.955 bits per heavy atom. The second kappa shape index (κ2) is 5.72. The first-order valence-electron chi connectivity index (χ1n) is 7.17. The predicted molar refractivity (Wildman–Crippen MR) is 89.7 cm³/mol. The van der Waals surface area contributed by atoms with E-state index in [1.165, 1.54) is 0 Å². The molecule has 4 nitrogen and oxygen atoms in total. The Balaban J connectivity index is 2.28. The minimum absolute atomic E-state index is 0.00859. The SMILES string of the molecule is Cc1ccc(NS(=O)(=O)c2ccc(C(C)(C)C)cc2)nc1C. The van der Waals surface area contributed by atoms with Crippen molar-refractivity contribution in [2.45, 2.75) is 44.9 Å². The van der Waals surface area contributed by atoms with E-state index in [9.17, 15) is 8.42 Å². The van der Waals surface area contributed by atoms with E-state index in [0.29, 0.717) is 5.82 Å². The number of hydrogen-bond donors (Lipinski definition) is 1. The Bertz CT molecular complexity index is 773. The number of rotatable bonds is 3. The molecule has 0 amide bonds. The zero-order valence-electron chi connectivity index (χ0n) is 13.6. The van der Waals surface area contributed by atoms with Crippen LogP contribution in [-0.2, 0) is 15.4 Å². The van der Waals surface area contributed by atoms with Gasteiger partial charge in [0.15, 0.2) is 0 Å². The third-order valence-corrected chi connectivity index (χ3v) is 4.99. The summed E-state index contributed by atoms with van der Waals surface area (Å²) < 4.78 is 27.3. The second-order valence-electron chi connectivity index (χ2n) is 6.48. The fourth-order valence-corrected chi connectivity index (χ4v) is 3.02. The highest BCUT2D eigenvalue weighted by atomic mass is 32.2. The molecule has 0 atom stereocenters. The van der Waals surface area contributed by atoms with Crippen LogP contribution in [0.15, 0.2) is 41.3 Å². The lowest BCUT2D eigenvalue weighted by molar-refractivity contribution is 0.587. The van der Waals surface area contributed by atoms with E-state index >= 15 is 0 Å². The lowest BCUT2D eigenvalue weighted by atomic mass is 9.87. The Morgan fingerprint density at radius 3 is 2.05 bits per heavy atom. The van der Waals surface area contributed by atoms with Crippen molar-refractivity contribution in [3.05, 3.63) is 53.2 Å². The summed E-state index contributed by atoms with van der Waals surface area (Å²) in [6.45, 7) is 10.1. The van der Waals surface area contributed by atoms with E-state index in [1.54, 1.807) is 18.2 Å². The van der Waals surface area contributed by atoms with Crippen molar-refractivity contribution in [2.24, 2.45) is 0 Å². The van der Waals surface area contributed by atoms with Crippen molar-refractivity contribution in [3.8, 4) is 0 Å². The smallest absolute Gasteiger partial charge is 0.263 e.